The molecule has 0 bridgehead atoms. The van der Waals surface area contributed by atoms with E-state index in [1.165, 1.54) is 4.90 Å². The van der Waals surface area contributed by atoms with E-state index in [1.807, 2.05) is 0 Å². The van der Waals surface area contributed by atoms with Crippen LogP contribution in [0.2, 0.25) is 10.0 Å². The number of carbonyl (C=O) groups excluding carboxylic acids is 1. The summed E-state index contributed by atoms with van der Waals surface area (Å²) in [4.78, 5) is 13.2. The second kappa shape index (κ2) is 5.35. The molecule has 1 aromatic rings. The van der Waals surface area contributed by atoms with Crippen LogP contribution in [-0.2, 0) is 0 Å². The molecular formula is C10H11Cl2NO2. The summed E-state index contributed by atoms with van der Waals surface area (Å²) in [5.41, 5.74) is 0.275. The van der Waals surface area contributed by atoms with Crippen molar-refractivity contribution in [1.82, 2.24) is 4.90 Å². The third-order valence-electron chi connectivity index (χ3n) is 1.96. The fourth-order valence-electron chi connectivity index (χ4n) is 1.14. The molecule has 0 radical (unpaired) electrons. The van der Waals surface area contributed by atoms with Gasteiger partial charge in [-0.1, -0.05) is 29.3 Å². The van der Waals surface area contributed by atoms with Crippen molar-refractivity contribution >= 4 is 29.1 Å². The highest BCUT2D eigenvalue weighted by Gasteiger charge is 2.17. The minimum absolute atomic E-state index is 0.0929. The van der Waals surface area contributed by atoms with Gasteiger partial charge in [-0.3, -0.25) is 4.79 Å². The van der Waals surface area contributed by atoms with Crippen molar-refractivity contribution in [3.05, 3.63) is 33.8 Å². The number of halogens is 2. The van der Waals surface area contributed by atoms with Gasteiger partial charge in [0.15, 0.2) is 0 Å². The summed E-state index contributed by atoms with van der Waals surface area (Å²) in [6.45, 7) is 0.157. The highest BCUT2D eigenvalue weighted by atomic mass is 35.5. The molecule has 0 aliphatic rings. The minimum Gasteiger partial charge on any atom is -0.395 e. The fourth-order valence-corrected chi connectivity index (χ4v) is 1.70. The SMILES string of the molecule is CN(CCO)C(=O)c1c(Cl)cccc1Cl. The molecule has 0 saturated heterocycles. The average Bonchev–Trinajstić information content (AvgIpc) is 2.17. The van der Waals surface area contributed by atoms with Crippen LogP contribution in [0.25, 0.3) is 0 Å². The molecule has 15 heavy (non-hydrogen) atoms. The van der Waals surface area contributed by atoms with Crippen LogP contribution in [0.4, 0.5) is 0 Å². The molecule has 1 N–H and O–H groups in total. The smallest absolute Gasteiger partial charge is 0.256 e. The minimum atomic E-state index is -0.292. The van der Waals surface area contributed by atoms with E-state index in [0.29, 0.717) is 10.0 Å². The molecule has 0 atom stereocenters. The number of hydrogen-bond acceptors (Lipinski definition) is 2. The Bertz CT molecular complexity index is 348. The van der Waals surface area contributed by atoms with Gasteiger partial charge >= 0.3 is 0 Å². The van der Waals surface area contributed by atoms with E-state index in [4.69, 9.17) is 28.3 Å². The van der Waals surface area contributed by atoms with Crippen molar-refractivity contribution in [3.8, 4) is 0 Å². The predicted molar refractivity (Wildman–Crippen MR) is 60.5 cm³/mol. The third-order valence-corrected chi connectivity index (χ3v) is 2.59. The molecule has 0 spiro atoms. The first-order valence-corrected chi connectivity index (χ1v) is 5.14. The van der Waals surface area contributed by atoms with Gasteiger partial charge in [-0.15, -0.1) is 0 Å². The average molecular weight is 248 g/mol. The summed E-state index contributed by atoms with van der Waals surface area (Å²) in [5.74, 6) is -0.292. The van der Waals surface area contributed by atoms with E-state index >= 15 is 0 Å². The van der Waals surface area contributed by atoms with Crippen molar-refractivity contribution in [3.63, 3.8) is 0 Å². The van der Waals surface area contributed by atoms with Gasteiger partial charge in [0.05, 0.1) is 22.2 Å². The lowest BCUT2D eigenvalue weighted by molar-refractivity contribution is 0.0767. The topological polar surface area (TPSA) is 40.5 Å². The normalized spacial score (nSPS) is 10.1. The number of amides is 1. The standard InChI is InChI=1S/C10H11Cl2NO2/c1-13(5-6-14)10(15)9-7(11)3-2-4-8(9)12/h2-4,14H,5-6H2,1H3. The zero-order valence-corrected chi connectivity index (χ0v) is 9.72. The van der Waals surface area contributed by atoms with Gasteiger partial charge in [0.25, 0.3) is 5.91 Å². The lowest BCUT2D eigenvalue weighted by atomic mass is 10.2. The molecule has 82 valence electrons. The Hall–Kier alpha value is -0.770. The second-order valence-corrected chi connectivity index (χ2v) is 3.86. The van der Waals surface area contributed by atoms with Crippen molar-refractivity contribution in [2.45, 2.75) is 0 Å². The zero-order valence-electron chi connectivity index (χ0n) is 8.20. The van der Waals surface area contributed by atoms with Crippen LogP contribution in [0.3, 0.4) is 0 Å². The quantitative estimate of drug-likeness (QED) is 0.889. The second-order valence-electron chi connectivity index (χ2n) is 3.05. The van der Waals surface area contributed by atoms with Crippen molar-refractivity contribution < 1.29 is 9.90 Å². The first kappa shape index (κ1) is 12.3. The Morgan fingerprint density at radius 1 is 1.40 bits per heavy atom. The number of aliphatic hydroxyl groups is 1. The Morgan fingerprint density at radius 2 is 1.93 bits per heavy atom. The summed E-state index contributed by atoms with van der Waals surface area (Å²) >= 11 is 11.7. The van der Waals surface area contributed by atoms with Gasteiger partial charge in [0, 0.05) is 13.6 Å². The van der Waals surface area contributed by atoms with Gasteiger partial charge in [0.1, 0.15) is 0 Å². The van der Waals surface area contributed by atoms with Crippen LogP contribution in [-0.4, -0.2) is 36.1 Å². The van der Waals surface area contributed by atoms with E-state index in [2.05, 4.69) is 0 Å². The van der Waals surface area contributed by atoms with Crippen LogP contribution < -0.4 is 0 Å². The molecule has 0 aliphatic heterocycles. The maximum absolute atomic E-state index is 11.8. The lowest BCUT2D eigenvalue weighted by Gasteiger charge is -2.17. The number of nitrogens with zero attached hydrogens (tertiary/aromatic N) is 1. The number of benzene rings is 1. The van der Waals surface area contributed by atoms with Crippen LogP contribution in [0.1, 0.15) is 10.4 Å². The predicted octanol–water partition coefficient (Wildman–Crippen LogP) is 2.06. The molecule has 0 heterocycles. The monoisotopic (exact) mass is 247 g/mol. The van der Waals surface area contributed by atoms with Crippen molar-refractivity contribution in [2.24, 2.45) is 0 Å². The summed E-state index contributed by atoms with van der Waals surface area (Å²) in [7, 11) is 1.58. The molecule has 0 fully saturated rings. The molecule has 0 saturated carbocycles. The van der Waals surface area contributed by atoms with Crippen molar-refractivity contribution in [2.75, 3.05) is 20.2 Å². The van der Waals surface area contributed by atoms with Crippen LogP contribution in [0.5, 0.6) is 0 Å². The Labute approximate surface area is 98.2 Å². The fraction of sp³-hybridized carbons (Fsp3) is 0.300. The number of likely N-dealkylation sites (N-methyl/N-ethyl adjacent to an activating group) is 1. The molecule has 1 aromatic carbocycles. The van der Waals surface area contributed by atoms with Gasteiger partial charge in [-0.05, 0) is 12.1 Å². The first-order chi connectivity index (χ1) is 7.07. The molecule has 0 aromatic heterocycles. The largest absolute Gasteiger partial charge is 0.395 e. The van der Waals surface area contributed by atoms with E-state index < -0.39 is 0 Å². The van der Waals surface area contributed by atoms with Gasteiger partial charge in [-0.25, -0.2) is 0 Å². The molecule has 1 amide bonds. The molecule has 1 rings (SSSR count). The highest BCUT2D eigenvalue weighted by molar-refractivity contribution is 6.39. The highest BCUT2D eigenvalue weighted by Crippen LogP contribution is 2.25. The van der Waals surface area contributed by atoms with Crippen LogP contribution in [0, 0.1) is 0 Å². The summed E-state index contributed by atoms with van der Waals surface area (Å²) in [6.07, 6.45) is 0. The van der Waals surface area contributed by atoms with Crippen LogP contribution >= 0.6 is 23.2 Å². The Morgan fingerprint density at radius 3 is 2.40 bits per heavy atom. The molecule has 3 nitrogen and oxygen atoms in total. The van der Waals surface area contributed by atoms with Crippen molar-refractivity contribution in [1.29, 1.82) is 0 Å². The molecule has 0 aliphatic carbocycles. The summed E-state index contributed by atoms with van der Waals surface area (Å²) < 4.78 is 0. The van der Waals surface area contributed by atoms with Crippen LogP contribution in [0.15, 0.2) is 18.2 Å². The maximum atomic E-state index is 11.8. The third kappa shape index (κ3) is 2.84. The van der Waals surface area contributed by atoms with E-state index in [9.17, 15) is 4.79 Å². The number of carbonyl (C=O) groups is 1. The first-order valence-electron chi connectivity index (χ1n) is 4.38. The Balaban J connectivity index is 3.00. The summed E-state index contributed by atoms with van der Waals surface area (Å²) in [6, 6.07) is 4.88. The number of rotatable bonds is 3. The number of aliphatic hydroxyl groups excluding tert-OH is 1. The maximum Gasteiger partial charge on any atom is 0.256 e. The van der Waals surface area contributed by atoms with E-state index in [1.54, 1.807) is 25.2 Å². The molecule has 0 unspecified atom stereocenters. The molecular weight excluding hydrogens is 237 g/mol. The summed E-state index contributed by atoms with van der Waals surface area (Å²) in [5, 5.41) is 9.35. The van der Waals surface area contributed by atoms with Gasteiger partial charge in [-0.2, -0.15) is 0 Å². The molecule has 5 heteroatoms. The number of hydrogen-bond donors (Lipinski definition) is 1. The Kier molecular flexibility index (Phi) is 4.39. The van der Waals surface area contributed by atoms with E-state index in [0.717, 1.165) is 0 Å². The van der Waals surface area contributed by atoms with E-state index in [-0.39, 0.29) is 24.6 Å². The van der Waals surface area contributed by atoms with Gasteiger partial charge < -0.3 is 10.0 Å². The van der Waals surface area contributed by atoms with Gasteiger partial charge in [0.2, 0.25) is 0 Å². The zero-order chi connectivity index (χ0) is 11.4. The lowest BCUT2D eigenvalue weighted by Crippen LogP contribution is -2.29.